The molecule has 0 aromatic heterocycles. The van der Waals surface area contributed by atoms with Crippen molar-refractivity contribution in [2.24, 2.45) is 0 Å². The van der Waals surface area contributed by atoms with Gasteiger partial charge in [0.25, 0.3) is 0 Å². The maximum atomic E-state index is 5.17. The van der Waals surface area contributed by atoms with Crippen molar-refractivity contribution in [2.75, 3.05) is 19.8 Å². The second-order valence-corrected chi connectivity index (χ2v) is 2.21. The van der Waals surface area contributed by atoms with Crippen LogP contribution in [0.4, 0.5) is 0 Å². The van der Waals surface area contributed by atoms with Gasteiger partial charge in [-0.3, -0.25) is 4.84 Å². The molecule has 0 bridgehead atoms. The van der Waals surface area contributed by atoms with Gasteiger partial charge in [0.15, 0.2) is 0 Å². The highest BCUT2D eigenvalue weighted by atomic mass is 16.8. The van der Waals surface area contributed by atoms with E-state index in [1.807, 2.05) is 20.8 Å². The van der Waals surface area contributed by atoms with E-state index in [1.54, 1.807) is 0 Å². The lowest BCUT2D eigenvalue weighted by Gasteiger charge is -2.17. The molecule has 4 heteroatoms. The molecule has 0 aliphatic heterocycles. The Morgan fingerprint density at radius 2 is 1.67 bits per heavy atom. The first-order valence-electron chi connectivity index (χ1n) is 4.45. The molecule has 74 valence electrons. The molecule has 0 aromatic carbocycles. The van der Waals surface area contributed by atoms with Crippen LogP contribution in [0.25, 0.3) is 0 Å². The molecule has 0 aliphatic rings. The third-order valence-corrected chi connectivity index (χ3v) is 1.12. The first-order chi connectivity index (χ1) is 5.85. The molecule has 0 rings (SSSR count). The van der Waals surface area contributed by atoms with Crippen LogP contribution in [0.1, 0.15) is 27.2 Å². The van der Waals surface area contributed by atoms with Gasteiger partial charge in [-0.25, -0.2) is 0 Å². The van der Waals surface area contributed by atoms with Crippen LogP contribution >= 0.6 is 0 Å². The number of hydrogen-bond donors (Lipinski definition) is 1. The van der Waals surface area contributed by atoms with Crippen molar-refractivity contribution in [2.45, 2.75) is 33.6 Å². The van der Waals surface area contributed by atoms with Gasteiger partial charge in [-0.05, 0) is 20.3 Å². The standard InChI is InChI=1S/C8H19NO3/c1-4-7-12-9-8(10-5-2)11-6-3/h8-9H,4-7H2,1-3H3. The van der Waals surface area contributed by atoms with Gasteiger partial charge in [-0.2, -0.15) is 0 Å². The van der Waals surface area contributed by atoms with Crippen molar-refractivity contribution in [3.05, 3.63) is 0 Å². The molecule has 0 aliphatic carbocycles. The summed E-state index contributed by atoms with van der Waals surface area (Å²) in [4.78, 5) is 5.05. The minimum Gasteiger partial charge on any atom is -0.339 e. The zero-order valence-electron chi connectivity index (χ0n) is 8.13. The molecule has 0 spiro atoms. The Balaban J connectivity index is 3.34. The third-order valence-electron chi connectivity index (χ3n) is 1.12. The summed E-state index contributed by atoms with van der Waals surface area (Å²) in [6, 6.07) is 0. The minimum absolute atomic E-state index is 0.438. The Kier molecular flexibility index (Phi) is 8.81. The first kappa shape index (κ1) is 11.8. The smallest absolute Gasteiger partial charge is 0.238 e. The molecular weight excluding hydrogens is 158 g/mol. The normalized spacial score (nSPS) is 11.0. The summed E-state index contributed by atoms with van der Waals surface area (Å²) in [5.74, 6) is 0. The fourth-order valence-corrected chi connectivity index (χ4v) is 0.648. The van der Waals surface area contributed by atoms with Gasteiger partial charge >= 0.3 is 0 Å². The summed E-state index contributed by atoms with van der Waals surface area (Å²) in [5, 5.41) is 0. The summed E-state index contributed by atoms with van der Waals surface area (Å²) in [6.45, 7) is 7.73. The predicted octanol–water partition coefficient (Wildman–Crippen LogP) is 1.27. The summed E-state index contributed by atoms with van der Waals surface area (Å²) in [5.41, 5.74) is 2.68. The number of nitrogens with one attached hydrogen (secondary N) is 1. The first-order valence-corrected chi connectivity index (χ1v) is 4.45. The van der Waals surface area contributed by atoms with Gasteiger partial charge < -0.3 is 9.47 Å². The zero-order chi connectivity index (χ0) is 9.23. The van der Waals surface area contributed by atoms with E-state index in [4.69, 9.17) is 14.3 Å². The van der Waals surface area contributed by atoms with E-state index < -0.39 is 6.41 Å². The van der Waals surface area contributed by atoms with Crippen LogP contribution < -0.4 is 5.48 Å². The van der Waals surface area contributed by atoms with Crippen molar-refractivity contribution in [1.29, 1.82) is 0 Å². The number of rotatable bonds is 8. The Morgan fingerprint density at radius 1 is 1.08 bits per heavy atom. The molecule has 4 nitrogen and oxygen atoms in total. The van der Waals surface area contributed by atoms with Crippen LogP contribution in [0.2, 0.25) is 0 Å². The van der Waals surface area contributed by atoms with Crippen LogP contribution in [-0.4, -0.2) is 26.2 Å². The Morgan fingerprint density at radius 3 is 2.08 bits per heavy atom. The van der Waals surface area contributed by atoms with Crippen molar-refractivity contribution < 1.29 is 14.3 Å². The van der Waals surface area contributed by atoms with E-state index in [2.05, 4.69) is 5.48 Å². The number of hydroxylamine groups is 1. The molecule has 1 N–H and O–H groups in total. The largest absolute Gasteiger partial charge is 0.339 e. The van der Waals surface area contributed by atoms with Crippen LogP contribution in [0.5, 0.6) is 0 Å². The van der Waals surface area contributed by atoms with Gasteiger partial charge in [-0.1, -0.05) is 6.92 Å². The zero-order valence-corrected chi connectivity index (χ0v) is 8.13. The molecule has 0 amide bonds. The molecule has 0 unspecified atom stereocenters. The SMILES string of the molecule is CCCONC(OCC)OCC. The van der Waals surface area contributed by atoms with Crippen LogP contribution in [0.3, 0.4) is 0 Å². The molecule has 0 heterocycles. The van der Waals surface area contributed by atoms with Crippen LogP contribution in [0, 0.1) is 0 Å². The Hall–Kier alpha value is -0.160. The molecule has 0 saturated heterocycles. The summed E-state index contributed by atoms with van der Waals surface area (Å²) >= 11 is 0. The quantitative estimate of drug-likeness (QED) is 0.344. The van der Waals surface area contributed by atoms with Crippen molar-refractivity contribution in [1.82, 2.24) is 5.48 Å². The maximum Gasteiger partial charge on any atom is 0.238 e. The van der Waals surface area contributed by atoms with Crippen molar-refractivity contribution in [3.63, 3.8) is 0 Å². The van der Waals surface area contributed by atoms with Gasteiger partial charge in [0, 0.05) is 13.2 Å². The fraction of sp³-hybridized carbons (Fsp3) is 1.00. The molecule has 0 radical (unpaired) electrons. The van der Waals surface area contributed by atoms with Gasteiger partial charge in [0.05, 0.1) is 6.61 Å². The Bertz CT molecular complexity index is 84.4. The highest BCUT2D eigenvalue weighted by molar-refractivity contribution is 4.30. The second kappa shape index (κ2) is 8.93. The van der Waals surface area contributed by atoms with Gasteiger partial charge in [0.2, 0.25) is 6.41 Å². The fourth-order valence-electron chi connectivity index (χ4n) is 0.648. The molecular formula is C8H19NO3. The summed E-state index contributed by atoms with van der Waals surface area (Å²) < 4.78 is 10.3. The molecule has 0 aromatic rings. The lowest BCUT2D eigenvalue weighted by Crippen LogP contribution is -2.34. The van der Waals surface area contributed by atoms with E-state index in [-0.39, 0.29) is 0 Å². The topological polar surface area (TPSA) is 39.7 Å². The van der Waals surface area contributed by atoms with Crippen LogP contribution in [-0.2, 0) is 14.3 Å². The van der Waals surface area contributed by atoms with E-state index in [1.165, 1.54) is 0 Å². The Labute approximate surface area is 74.1 Å². The monoisotopic (exact) mass is 177 g/mol. The average Bonchev–Trinajstić information content (AvgIpc) is 2.06. The lowest BCUT2D eigenvalue weighted by molar-refractivity contribution is -0.217. The van der Waals surface area contributed by atoms with Crippen molar-refractivity contribution >= 4 is 0 Å². The van der Waals surface area contributed by atoms with Crippen molar-refractivity contribution in [3.8, 4) is 0 Å². The van der Waals surface area contributed by atoms with E-state index in [0.717, 1.165) is 6.42 Å². The number of hydrogen-bond acceptors (Lipinski definition) is 4. The third kappa shape index (κ3) is 6.54. The summed E-state index contributed by atoms with van der Waals surface area (Å²) in [6.07, 6.45) is 0.532. The molecule has 0 saturated carbocycles. The molecule has 12 heavy (non-hydrogen) atoms. The van der Waals surface area contributed by atoms with E-state index in [0.29, 0.717) is 19.8 Å². The highest BCUT2D eigenvalue weighted by Crippen LogP contribution is 1.90. The van der Waals surface area contributed by atoms with E-state index >= 15 is 0 Å². The second-order valence-electron chi connectivity index (χ2n) is 2.21. The number of ether oxygens (including phenoxy) is 2. The lowest BCUT2D eigenvalue weighted by atomic mass is 10.5. The minimum atomic E-state index is -0.438. The highest BCUT2D eigenvalue weighted by Gasteiger charge is 2.05. The maximum absolute atomic E-state index is 5.17. The van der Waals surface area contributed by atoms with E-state index in [9.17, 15) is 0 Å². The van der Waals surface area contributed by atoms with Gasteiger partial charge in [-0.15, -0.1) is 5.48 Å². The predicted molar refractivity (Wildman–Crippen MR) is 46.4 cm³/mol. The molecule has 0 fully saturated rings. The summed E-state index contributed by atoms with van der Waals surface area (Å²) in [7, 11) is 0. The molecule has 0 atom stereocenters. The van der Waals surface area contributed by atoms with Crippen LogP contribution in [0.15, 0.2) is 0 Å². The van der Waals surface area contributed by atoms with Gasteiger partial charge in [0.1, 0.15) is 0 Å². The average molecular weight is 177 g/mol.